The van der Waals surface area contributed by atoms with Crippen molar-refractivity contribution in [3.8, 4) is 0 Å². The van der Waals surface area contributed by atoms with E-state index >= 15 is 0 Å². The Balaban J connectivity index is 1.70. The van der Waals surface area contributed by atoms with Crippen LogP contribution in [0.1, 0.15) is 31.2 Å². The number of hydrogen-bond acceptors (Lipinski definition) is 6. The number of benzene rings is 1. The van der Waals surface area contributed by atoms with Crippen LogP contribution in [0.4, 0.5) is 5.69 Å². The fourth-order valence-electron chi connectivity index (χ4n) is 4.37. The number of amides is 1. The summed E-state index contributed by atoms with van der Waals surface area (Å²) in [6.45, 7) is 0. The molecule has 3 aliphatic rings. The van der Waals surface area contributed by atoms with Crippen LogP contribution in [0.5, 0.6) is 0 Å². The average molecular weight is 375 g/mol. The molecule has 1 saturated carbocycles. The minimum atomic E-state index is -0.821. The number of non-ortho nitro benzene ring substituents is 1. The lowest BCUT2D eigenvalue weighted by Crippen LogP contribution is -2.61. The summed E-state index contributed by atoms with van der Waals surface area (Å²) in [4.78, 5) is 37.5. The Morgan fingerprint density at radius 1 is 1.26 bits per heavy atom. The molecule has 8 heteroatoms. The highest BCUT2D eigenvalue weighted by Gasteiger charge is 2.44. The molecule has 1 aromatic carbocycles. The van der Waals surface area contributed by atoms with Crippen molar-refractivity contribution >= 4 is 17.6 Å². The van der Waals surface area contributed by atoms with Gasteiger partial charge in [0.05, 0.1) is 18.1 Å². The molecule has 0 aromatic heterocycles. The third-order valence-electron chi connectivity index (χ3n) is 5.86. The number of esters is 1. The zero-order chi connectivity index (χ0) is 19.6. The molecule has 146 valence electrons. The van der Waals surface area contributed by atoms with E-state index in [9.17, 15) is 19.7 Å². The van der Waals surface area contributed by atoms with Crippen molar-refractivity contribution in [2.75, 3.05) is 14.2 Å². The quantitative estimate of drug-likeness (QED) is 0.461. The van der Waals surface area contributed by atoms with Gasteiger partial charge in [0.2, 0.25) is 5.91 Å². The second kappa shape index (κ2) is 8.04. The summed E-state index contributed by atoms with van der Waals surface area (Å²) in [5.74, 6) is -0.354. The third-order valence-corrected chi connectivity index (χ3v) is 5.86. The highest BCUT2D eigenvalue weighted by molar-refractivity contribution is 5.88. The molecule has 1 aromatic rings. The molecular weight excluding hydrogens is 350 g/mol. The van der Waals surface area contributed by atoms with E-state index in [0.717, 1.165) is 31.2 Å². The van der Waals surface area contributed by atoms with Gasteiger partial charge in [-0.2, -0.15) is 0 Å². The Hall–Kier alpha value is -2.48. The molecule has 2 bridgehead atoms. The number of nitro benzene ring substituents is 1. The number of ether oxygens (including phenoxy) is 1. The minimum Gasteiger partial charge on any atom is -0.467 e. The SMILES string of the molecule is COC(=O)C(Cc1ccc([N+](=O)[O-])cc1)NC(=O)C1C2CCC(CC2)N1C. The smallest absolute Gasteiger partial charge is 0.328 e. The molecule has 2 atom stereocenters. The molecule has 2 aliphatic heterocycles. The van der Waals surface area contributed by atoms with Gasteiger partial charge in [0.15, 0.2) is 0 Å². The van der Waals surface area contributed by atoms with E-state index < -0.39 is 16.9 Å². The van der Waals surface area contributed by atoms with Crippen molar-refractivity contribution in [2.45, 2.75) is 50.2 Å². The van der Waals surface area contributed by atoms with Crippen molar-refractivity contribution in [3.63, 3.8) is 0 Å². The standard InChI is InChI=1S/C19H25N3O5/c1-21-14-9-5-13(6-10-14)17(21)18(23)20-16(19(24)27-2)11-12-3-7-15(8-4-12)22(25)26/h3-4,7-8,13-14,16-17H,5-6,9-11H2,1-2H3,(H,20,23). The van der Waals surface area contributed by atoms with Gasteiger partial charge in [-0.15, -0.1) is 0 Å². The molecule has 27 heavy (non-hydrogen) atoms. The Kier molecular flexibility index (Phi) is 5.74. The summed E-state index contributed by atoms with van der Waals surface area (Å²) in [6, 6.07) is 5.35. The van der Waals surface area contributed by atoms with Crippen LogP contribution < -0.4 is 5.32 Å². The number of methoxy groups -OCH3 is 1. The zero-order valence-electron chi connectivity index (χ0n) is 15.6. The van der Waals surface area contributed by atoms with Gasteiger partial charge in [-0.05, 0) is 44.2 Å². The summed E-state index contributed by atoms with van der Waals surface area (Å²) in [5, 5.41) is 13.6. The molecule has 1 N–H and O–H groups in total. The monoisotopic (exact) mass is 375 g/mol. The van der Waals surface area contributed by atoms with E-state index in [1.807, 2.05) is 7.05 Å². The highest BCUT2D eigenvalue weighted by Crippen LogP contribution is 2.38. The van der Waals surface area contributed by atoms with E-state index in [0.29, 0.717) is 12.0 Å². The minimum absolute atomic E-state index is 0.0164. The molecule has 2 saturated heterocycles. The van der Waals surface area contributed by atoms with Gasteiger partial charge in [-0.3, -0.25) is 19.8 Å². The van der Waals surface area contributed by atoms with Gasteiger partial charge in [-0.1, -0.05) is 12.1 Å². The fraction of sp³-hybridized carbons (Fsp3) is 0.579. The number of carbonyl (C=O) groups excluding carboxylic acids is 2. The van der Waals surface area contributed by atoms with Crippen LogP contribution in [0.2, 0.25) is 0 Å². The van der Waals surface area contributed by atoms with Crippen LogP contribution in [-0.2, 0) is 20.7 Å². The summed E-state index contributed by atoms with van der Waals surface area (Å²) in [6.07, 6.45) is 4.54. The van der Waals surface area contributed by atoms with E-state index in [4.69, 9.17) is 4.74 Å². The van der Waals surface area contributed by atoms with Crippen molar-refractivity contribution in [2.24, 2.45) is 5.92 Å². The van der Waals surface area contributed by atoms with E-state index in [-0.39, 0.29) is 24.1 Å². The normalized spacial score (nSPS) is 25.6. The molecule has 1 amide bonds. The summed E-state index contributed by atoms with van der Waals surface area (Å²) in [5.41, 5.74) is 0.701. The third kappa shape index (κ3) is 4.10. The van der Waals surface area contributed by atoms with Gasteiger partial charge in [0.25, 0.3) is 5.69 Å². The number of hydrogen-bond donors (Lipinski definition) is 1. The molecule has 2 heterocycles. The molecule has 2 unspecified atom stereocenters. The number of nitrogens with zero attached hydrogens (tertiary/aromatic N) is 2. The molecule has 4 rings (SSSR count). The van der Waals surface area contributed by atoms with Gasteiger partial charge in [-0.25, -0.2) is 4.79 Å². The van der Waals surface area contributed by atoms with Crippen LogP contribution >= 0.6 is 0 Å². The maximum absolute atomic E-state index is 12.9. The molecule has 1 aliphatic carbocycles. The predicted molar refractivity (Wildman–Crippen MR) is 98.0 cm³/mol. The lowest BCUT2D eigenvalue weighted by Gasteiger charge is -2.49. The largest absolute Gasteiger partial charge is 0.467 e. The topological polar surface area (TPSA) is 102 Å². The molecule has 0 spiro atoms. The van der Waals surface area contributed by atoms with Crippen molar-refractivity contribution < 1.29 is 19.2 Å². The first kappa shape index (κ1) is 19.3. The number of fused-ring (bicyclic) bond motifs is 3. The Labute approximate surface area is 158 Å². The lowest BCUT2D eigenvalue weighted by molar-refractivity contribution is -0.384. The first-order chi connectivity index (χ1) is 12.9. The van der Waals surface area contributed by atoms with E-state index in [2.05, 4.69) is 10.2 Å². The average Bonchev–Trinajstić information content (AvgIpc) is 2.68. The highest BCUT2D eigenvalue weighted by atomic mass is 16.6. The fourth-order valence-corrected chi connectivity index (χ4v) is 4.37. The maximum Gasteiger partial charge on any atom is 0.328 e. The van der Waals surface area contributed by atoms with Crippen molar-refractivity contribution in [3.05, 3.63) is 39.9 Å². The van der Waals surface area contributed by atoms with Crippen molar-refractivity contribution in [1.82, 2.24) is 10.2 Å². The van der Waals surface area contributed by atoms with Crippen LogP contribution in [-0.4, -0.2) is 54.0 Å². The predicted octanol–water partition coefficient (Wildman–Crippen LogP) is 1.67. The number of nitrogens with one attached hydrogen (secondary N) is 1. The summed E-state index contributed by atoms with van der Waals surface area (Å²) < 4.78 is 4.85. The molecule has 0 radical (unpaired) electrons. The second-order valence-electron chi connectivity index (χ2n) is 7.39. The van der Waals surface area contributed by atoms with Gasteiger partial charge >= 0.3 is 5.97 Å². The second-order valence-corrected chi connectivity index (χ2v) is 7.39. The van der Waals surface area contributed by atoms with Crippen LogP contribution in [0, 0.1) is 16.0 Å². The summed E-state index contributed by atoms with van der Waals surface area (Å²) in [7, 11) is 3.26. The zero-order valence-corrected chi connectivity index (χ0v) is 15.6. The lowest BCUT2D eigenvalue weighted by atomic mass is 9.74. The first-order valence-electron chi connectivity index (χ1n) is 9.24. The van der Waals surface area contributed by atoms with Gasteiger partial charge in [0, 0.05) is 24.6 Å². The number of likely N-dealkylation sites (N-methyl/N-ethyl adjacent to an activating group) is 1. The molecule has 8 nitrogen and oxygen atoms in total. The Morgan fingerprint density at radius 2 is 1.89 bits per heavy atom. The van der Waals surface area contributed by atoms with E-state index in [1.165, 1.54) is 19.2 Å². The van der Waals surface area contributed by atoms with Crippen LogP contribution in [0.25, 0.3) is 0 Å². The van der Waals surface area contributed by atoms with Gasteiger partial charge < -0.3 is 10.1 Å². The number of rotatable bonds is 6. The Bertz CT molecular complexity index is 711. The number of piperidine rings is 2. The number of carbonyl (C=O) groups is 2. The van der Waals surface area contributed by atoms with Crippen molar-refractivity contribution in [1.29, 1.82) is 0 Å². The van der Waals surface area contributed by atoms with Gasteiger partial charge in [0.1, 0.15) is 6.04 Å². The van der Waals surface area contributed by atoms with Crippen LogP contribution in [0.3, 0.4) is 0 Å². The number of nitro groups is 1. The van der Waals surface area contributed by atoms with E-state index in [1.54, 1.807) is 12.1 Å². The summed E-state index contributed by atoms with van der Waals surface area (Å²) >= 11 is 0. The maximum atomic E-state index is 12.9. The molecule has 3 fully saturated rings. The Morgan fingerprint density at radius 3 is 2.41 bits per heavy atom. The first-order valence-corrected chi connectivity index (χ1v) is 9.24. The van der Waals surface area contributed by atoms with Crippen LogP contribution in [0.15, 0.2) is 24.3 Å². The molecular formula is C19H25N3O5.